The Labute approximate surface area is 191 Å². The Morgan fingerprint density at radius 2 is 1.97 bits per heavy atom. The van der Waals surface area contributed by atoms with Gasteiger partial charge in [0.05, 0.1) is 5.69 Å². The molecule has 0 bridgehead atoms. The number of aryl methyl sites for hydroxylation is 1. The average Bonchev–Trinajstić information content (AvgIpc) is 3.39. The van der Waals surface area contributed by atoms with Crippen molar-refractivity contribution in [2.75, 3.05) is 33.2 Å². The van der Waals surface area contributed by atoms with Crippen molar-refractivity contribution in [2.45, 2.75) is 31.1 Å². The third-order valence-corrected chi connectivity index (χ3v) is 7.95. The molecule has 3 aliphatic rings. The van der Waals surface area contributed by atoms with Gasteiger partial charge in [0.1, 0.15) is 33.8 Å². The van der Waals surface area contributed by atoms with Crippen molar-refractivity contribution >= 4 is 21.1 Å². The quantitative estimate of drug-likeness (QED) is 0.440. The van der Waals surface area contributed by atoms with E-state index in [2.05, 4.69) is 25.1 Å². The number of nitrogens with zero attached hydrogens (tertiary/aromatic N) is 4. The van der Waals surface area contributed by atoms with Gasteiger partial charge in [0.25, 0.3) is 5.56 Å². The molecule has 0 unspecified atom stereocenters. The van der Waals surface area contributed by atoms with E-state index in [1.165, 1.54) is 10.6 Å². The summed E-state index contributed by atoms with van der Waals surface area (Å²) < 4.78 is 33.4. The Morgan fingerprint density at radius 1 is 1.18 bits per heavy atom. The summed E-state index contributed by atoms with van der Waals surface area (Å²) in [5, 5.41) is 6.99. The molecule has 4 heterocycles. The largest absolute Gasteiger partial charge is 0.463 e. The molecule has 10 nitrogen and oxygen atoms in total. The van der Waals surface area contributed by atoms with Crippen LogP contribution < -0.4 is 5.56 Å². The van der Waals surface area contributed by atoms with Gasteiger partial charge in [0.2, 0.25) is 10.0 Å². The van der Waals surface area contributed by atoms with Crippen LogP contribution in [0, 0.1) is 0 Å². The van der Waals surface area contributed by atoms with Gasteiger partial charge in [-0.1, -0.05) is 25.5 Å². The normalized spacial score (nSPS) is 16.2. The fraction of sp³-hybridized carbons (Fsp3) is 0.409. The van der Waals surface area contributed by atoms with E-state index in [9.17, 15) is 13.2 Å². The van der Waals surface area contributed by atoms with Crippen molar-refractivity contribution in [2.24, 2.45) is 0 Å². The van der Waals surface area contributed by atoms with E-state index in [1.807, 2.05) is 26.1 Å². The molecule has 1 aliphatic carbocycles. The molecule has 11 heteroatoms. The maximum absolute atomic E-state index is 13.0. The zero-order valence-electron chi connectivity index (χ0n) is 18.6. The van der Waals surface area contributed by atoms with Gasteiger partial charge in [-0.15, -0.1) is 0 Å². The van der Waals surface area contributed by atoms with Crippen molar-refractivity contribution < 1.29 is 12.8 Å². The second kappa shape index (κ2) is 8.40. The molecule has 2 aromatic heterocycles. The maximum atomic E-state index is 13.0. The van der Waals surface area contributed by atoms with Crippen LogP contribution in [0.1, 0.15) is 30.4 Å². The van der Waals surface area contributed by atoms with Crippen molar-refractivity contribution in [1.29, 1.82) is 0 Å². The number of H-pyrrole nitrogens is 2. The molecule has 0 saturated carbocycles. The van der Waals surface area contributed by atoms with Crippen LogP contribution in [0.5, 0.6) is 0 Å². The van der Waals surface area contributed by atoms with E-state index in [0.717, 1.165) is 24.1 Å². The van der Waals surface area contributed by atoms with Gasteiger partial charge < -0.3 is 14.3 Å². The molecule has 0 radical (unpaired) electrons. The lowest BCUT2D eigenvalue weighted by Crippen LogP contribution is -2.47. The number of aromatic nitrogens is 4. The molecule has 33 heavy (non-hydrogen) atoms. The predicted octanol–water partition coefficient (Wildman–Crippen LogP) is 1.82. The lowest BCUT2D eigenvalue weighted by molar-refractivity contribution is 0.222. The summed E-state index contributed by atoms with van der Waals surface area (Å²) in [5.41, 5.74) is 2.98. The van der Waals surface area contributed by atoms with Crippen molar-refractivity contribution in [3.8, 4) is 11.3 Å². The second-order valence-electron chi connectivity index (χ2n) is 8.47. The molecule has 0 amide bonds. The van der Waals surface area contributed by atoms with Gasteiger partial charge in [-0.3, -0.25) is 9.89 Å². The smallest absolute Gasteiger partial charge is 0.276 e. The second-order valence-corrected chi connectivity index (χ2v) is 10.4. The number of piperazine rings is 1. The minimum Gasteiger partial charge on any atom is -0.463 e. The highest BCUT2D eigenvalue weighted by molar-refractivity contribution is 7.89. The van der Waals surface area contributed by atoms with Crippen LogP contribution in [0.3, 0.4) is 0 Å². The molecular weight excluding hydrogens is 444 g/mol. The zero-order valence-corrected chi connectivity index (χ0v) is 19.4. The number of hydrogen-bond acceptors (Lipinski definition) is 7. The van der Waals surface area contributed by atoms with Gasteiger partial charge in [-0.25, -0.2) is 13.4 Å². The first-order valence-corrected chi connectivity index (χ1v) is 12.5. The van der Waals surface area contributed by atoms with Gasteiger partial charge >= 0.3 is 0 Å². The highest BCUT2D eigenvalue weighted by atomic mass is 32.2. The first-order chi connectivity index (χ1) is 15.9. The number of likely N-dealkylation sites (N-methyl/N-ethyl adjacent to an activating group) is 1. The third-order valence-electron chi connectivity index (χ3n) is 6.10. The summed E-state index contributed by atoms with van der Waals surface area (Å²) in [4.78, 5) is 22.1. The molecular formula is C22H26N6O4S. The first-order valence-electron chi connectivity index (χ1n) is 11.0. The van der Waals surface area contributed by atoms with E-state index in [0.29, 0.717) is 60.8 Å². The average molecular weight is 471 g/mol. The minimum atomic E-state index is -3.62. The van der Waals surface area contributed by atoms with Gasteiger partial charge in [0.15, 0.2) is 0 Å². The van der Waals surface area contributed by atoms with Crippen LogP contribution in [0.4, 0.5) is 0 Å². The summed E-state index contributed by atoms with van der Waals surface area (Å²) in [6.45, 7) is 4.36. The summed E-state index contributed by atoms with van der Waals surface area (Å²) >= 11 is 0. The number of nitrogens with one attached hydrogen (secondary N) is 2. The molecule has 0 aromatic carbocycles. The van der Waals surface area contributed by atoms with E-state index < -0.39 is 10.0 Å². The Morgan fingerprint density at radius 3 is 2.73 bits per heavy atom. The lowest BCUT2D eigenvalue weighted by Gasteiger charge is -2.31. The highest BCUT2D eigenvalue weighted by Gasteiger charge is 2.29. The monoisotopic (exact) mass is 470 g/mol. The highest BCUT2D eigenvalue weighted by Crippen LogP contribution is 2.32. The fourth-order valence-electron chi connectivity index (χ4n) is 4.22. The Kier molecular flexibility index (Phi) is 5.55. The van der Waals surface area contributed by atoms with E-state index in [1.54, 1.807) is 6.07 Å². The van der Waals surface area contributed by atoms with Gasteiger partial charge in [-0.05, 0) is 19.5 Å². The molecule has 174 valence electrons. The van der Waals surface area contributed by atoms with Crippen LogP contribution in [0.15, 0.2) is 38.6 Å². The number of rotatable bonds is 6. The molecule has 0 atom stereocenters. The van der Waals surface area contributed by atoms with Crippen molar-refractivity contribution in [3.05, 3.63) is 51.9 Å². The minimum absolute atomic E-state index is 0.146. The Bertz CT molecular complexity index is 1430. The maximum Gasteiger partial charge on any atom is 0.276 e. The number of fused-ring (bicyclic) bond motifs is 2. The van der Waals surface area contributed by atoms with Crippen LogP contribution >= 0.6 is 0 Å². The van der Waals surface area contributed by atoms with Crippen molar-refractivity contribution in [3.63, 3.8) is 0 Å². The topological polar surface area (TPSA) is 128 Å². The third kappa shape index (κ3) is 3.96. The fourth-order valence-corrected chi connectivity index (χ4v) is 5.61. The molecule has 1 saturated heterocycles. The van der Waals surface area contributed by atoms with Crippen LogP contribution in [-0.4, -0.2) is 71.0 Å². The first kappa shape index (κ1) is 21.8. The Hall–Kier alpha value is -3.02. The van der Waals surface area contributed by atoms with Crippen LogP contribution in [0.25, 0.3) is 22.4 Å². The van der Waals surface area contributed by atoms with E-state index >= 15 is 0 Å². The SMILES string of the molecule is CCCc1n[nH]c2c(=O)[nH]c(Cc3ccc4cc(S(=O)(=O)N5CCN(C)CC5)coc3-4)nc12. The molecule has 2 aliphatic heterocycles. The molecule has 2 aromatic rings. The zero-order chi connectivity index (χ0) is 23.2. The molecule has 5 rings (SSSR count). The molecule has 1 fully saturated rings. The number of aromatic amines is 2. The summed E-state index contributed by atoms with van der Waals surface area (Å²) in [6, 6.07) is 5.34. The summed E-state index contributed by atoms with van der Waals surface area (Å²) in [6.07, 6.45) is 3.28. The Balaban J connectivity index is 1.44. The van der Waals surface area contributed by atoms with Crippen LogP contribution in [-0.2, 0) is 22.9 Å². The van der Waals surface area contributed by atoms with Crippen LogP contribution in [0.2, 0.25) is 0 Å². The molecule has 0 spiro atoms. The predicted molar refractivity (Wildman–Crippen MR) is 123 cm³/mol. The van der Waals surface area contributed by atoms with Gasteiger partial charge in [-0.2, -0.15) is 9.40 Å². The van der Waals surface area contributed by atoms with E-state index in [-0.39, 0.29) is 10.5 Å². The lowest BCUT2D eigenvalue weighted by atomic mass is 10.1. The number of sulfonamides is 1. The standard InChI is InChI=1S/C22H26N6O4S/c1-3-4-17-19-20(26-25-17)22(29)24-18(23-19)12-15-6-5-14-11-16(13-32-21(14)15)33(30,31)28-9-7-27(2)8-10-28/h5-6,11,13H,3-4,7-10,12H2,1-2H3,(H,25,26)(H,23,24,29). The summed E-state index contributed by atoms with van der Waals surface area (Å²) in [7, 11) is -1.64. The number of hydrogen-bond donors (Lipinski definition) is 2. The summed E-state index contributed by atoms with van der Waals surface area (Å²) in [5.74, 6) is 1.08. The molecule has 2 N–H and O–H groups in total. The van der Waals surface area contributed by atoms with E-state index in [4.69, 9.17) is 4.42 Å². The van der Waals surface area contributed by atoms with Gasteiger partial charge in [0, 0.05) is 43.7 Å². The van der Waals surface area contributed by atoms with Crippen molar-refractivity contribution in [1.82, 2.24) is 29.4 Å².